The molecule has 0 unspecified atom stereocenters. The summed E-state index contributed by atoms with van der Waals surface area (Å²) in [5, 5.41) is 0. The van der Waals surface area contributed by atoms with Crippen molar-refractivity contribution in [1.29, 1.82) is 0 Å². The highest BCUT2D eigenvalue weighted by atomic mass is 79.9. The molecule has 2 aromatic carbocycles. The Morgan fingerprint density at radius 2 is 1.68 bits per heavy atom. The SMILES string of the molecule is CC(C)(C)c1cc(OS(=O)(=O)Cc2ccccc2)ccc1Br. The first-order valence-corrected chi connectivity index (χ1v) is 9.30. The summed E-state index contributed by atoms with van der Waals surface area (Å²) in [6, 6.07) is 14.2. The molecule has 5 heteroatoms. The molecule has 0 spiro atoms. The van der Waals surface area contributed by atoms with Crippen LogP contribution < -0.4 is 4.18 Å². The maximum absolute atomic E-state index is 12.2. The molecule has 0 saturated carbocycles. The Hall–Kier alpha value is -1.33. The lowest BCUT2D eigenvalue weighted by molar-refractivity contribution is 0.482. The fourth-order valence-corrected chi connectivity index (χ4v) is 3.98. The molecule has 0 N–H and O–H groups in total. The van der Waals surface area contributed by atoms with Crippen molar-refractivity contribution in [2.45, 2.75) is 31.9 Å². The van der Waals surface area contributed by atoms with Gasteiger partial charge in [0.2, 0.25) is 0 Å². The summed E-state index contributed by atoms with van der Waals surface area (Å²) in [5.74, 6) is 0.193. The van der Waals surface area contributed by atoms with Crippen molar-refractivity contribution in [1.82, 2.24) is 0 Å². The molecule has 0 aliphatic heterocycles. The smallest absolute Gasteiger partial charge is 0.313 e. The third-order valence-electron chi connectivity index (χ3n) is 3.16. The van der Waals surface area contributed by atoms with Crippen LogP contribution in [-0.2, 0) is 21.3 Å². The van der Waals surface area contributed by atoms with Crippen LogP contribution in [0.2, 0.25) is 0 Å². The summed E-state index contributed by atoms with van der Waals surface area (Å²) in [5.41, 5.74) is 1.59. The van der Waals surface area contributed by atoms with E-state index in [1.807, 2.05) is 24.3 Å². The standard InChI is InChI=1S/C17H19BrO3S/c1-17(2,3)15-11-14(9-10-16(15)18)21-22(19,20)12-13-7-5-4-6-8-13/h4-11H,12H2,1-3H3. The monoisotopic (exact) mass is 382 g/mol. The highest BCUT2D eigenvalue weighted by Gasteiger charge is 2.20. The van der Waals surface area contributed by atoms with E-state index in [1.165, 1.54) is 0 Å². The summed E-state index contributed by atoms with van der Waals surface area (Å²) in [7, 11) is -3.68. The van der Waals surface area contributed by atoms with Gasteiger partial charge in [-0.3, -0.25) is 0 Å². The van der Waals surface area contributed by atoms with Crippen LogP contribution in [0, 0.1) is 0 Å². The molecule has 0 aromatic heterocycles. The molecule has 0 aliphatic rings. The summed E-state index contributed by atoms with van der Waals surface area (Å²) >= 11 is 3.49. The number of benzene rings is 2. The van der Waals surface area contributed by atoms with Crippen molar-refractivity contribution >= 4 is 26.0 Å². The topological polar surface area (TPSA) is 43.4 Å². The van der Waals surface area contributed by atoms with Crippen LogP contribution in [0.5, 0.6) is 5.75 Å². The molecule has 0 saturated heterocycles. The highest BCUT2D eigenvalue weighted by molar-refractivity contribution is 9.10. The average Bonchev–Trinajstić information content (AvgIpc) is 2.40. The Balaban J connectivity index is 2.23. The number of hydrogen-bond donors (Lipinski definition) is 0. The average molecular weight is 383 g/mol. The van der Waals surface area contributed by atoms with Gasteiger partial charge in [0.25, 0.3) is 0 Å². The van der Waals surface area contributed by atoms with Crippen molar-refractivity contribution < 1.29 is 12.6 Å². The fraction of sp³-hybridized carbons (Fsp3) is 0.294. The summed E-state index contributed by atoms with van der Waals surface area (Å²) in [6.07, 6.45) is 0. The van der Waals surface area contributed by atoms with Gasteiger partial charge in [-0.2, -0.15) is 8.42 Å². The van der Waals surface area contributed by atoms with Gasteiger partial charge in [0.05, 0.1) is 0 Å². The van der Waals surface area contributed by atoms with Crippen LogP contribution >= 0.6 is 15.9 Å². The van der Waals surface area contributed by atoms with E-state index in [2.05, 4.69) is 36.7 Å². The van der Waals surface area contributed by atoms with Gasteiger partial charge in [-0.15, -0.1) is 0 Å². The van der Waals surface area contributed by atoms with Gasteiger partial charge >= 0.3 is 10.1 Å². The fourth-order valence-electron chi connectivity index (χ4n) is 2.09. The molecule has 0 radical (unpaired) electrons. The minimum Gasteiger partial charge on any atom is -0.382 e. The molecule has 0 atom stereocenters. The maximum Gasteiger partial charge on any atom is 0.313 e. The normalized spacial score (nSPS) is 12.2. The zero-order chi connectivity index (χ0) is 16.4. The second-order valence-electron chi connectivity index (χ2n) is 6.16. The molecule has 0 aliphatic carbocycles. The van der Waals surface area contributed by atoms with E-state index in [9.17, 15) is 8.42 Å². The predicted molar refractivity (Wildman–Crippen MR) is 92.5 cm³/mol. The largest absolute Gasteiger partial charge is 0.382 e. The number of halogens is 1. The van der Waals surface area contributed by atoms with Crippen molar-refractivity contribution in [2.75, 3.05) is 0 Å². The Morgan fingerprint density at radius 1 is 1.05 bits per heavy atom. The van der Waals surface area contributed by atoms with E-state index in [4.69, 9.17) is 4.18 Å². The Bertz CT molecular complexity index is 747. The van der Waals surface area contributed by atoms with Crippen LogP contribution in [0.15, 0.2) is 53.0 Å². The first-order valence-electron chi connectivity index (χ1n) is 6.93. The van der Waals surface area contributed by atoms with Crippen molar-refractivity contribution in [2.24, 2.45) is 0 Å². The van der Waals surface area contributed by atoms with E-state index in [-0.39, 0.29) is 11.2 Å². The predicted octanol–water partition coefficient (Wildman–Crippen LogP) is 4.66. The molecule has 22 heavy (non-hydrogen) atoms. The molecule has 2 aromatic rings. The molecule has 0 amide bonds. The second kappa shape index (κ2) is 6.42. The zero-order valence-electron chi connectivity index (χ0n) is 12.8. The van der Waals surface area contributed by atoms with E-state index in [0.717, 1.165) is 10.0 Å². The third-order valence-corrected chi connectivity index (χ3v) is 4.98. The molecule has 0 bridgehead atoms. The molecule has 3 nitrogen and oxygen atoms in total. The minimum absolute atomic E-state index is 0.110. The van der Waals surface area contributed by atoms with Crippen LogP contribution in [0.1, 0.15) is 31.9 Å². The lowest BCUT2D eigenvalue weighted by Crippen LogP contribution is -2.15. The van der Waals surface area contributed by atoms with Gasteiger partial charge in [0, 0.05) is 4.47 Å². The second-order valence-corrected chi connectivity index (χ2v) is 8.59. The number of rotatable bonds is 4. The van der Waals surface area contributed by atoms with Crippen molar-refractivity contribution in [3.63, 3.8) is 0 Å². The van der Waals surface area contributed by atoms with Crippen molar-refractivity contribution in [3.8, 4) is 5.75 Å². The Morgan fingerprint density at radius 3 is 2.27 bits per heavy atom. The Labute approximate surface area is 140 Å². The van der Waals surface area contributed by atoms with Crippen LogP contribution in [0.3, 0.4) is 0 Å². The van der Waals surface area contributed by atoms with E-state index >= 15 is 0 Å². The first kappa shape index (κ1) is 17.0. The summed E-state index contributed by atoms with van der Waals surface area (Å²) < 4.78 is 30.5. The van der Waals surface area contributed by atoms with Gasteiger partial charge < -0.3 is 4.18 Å². The van der Waals surface area contributed by atoms with Crippen LogP contribution in [0.25, 0.3) is 0 Å². The van der Waals surface area contributed by atoms with Gasteiger partial charge in [0.15, 0.2) is 0 Å². The molecule has 2 rings (SSSR count). The van der Waals surface area contributed by atoms with Gasteiger partial charge in [-0.05, 0) is 34.7 Å². The van der Waals surface area contributed by atoms with Gasteiger partial charge in [-0.1, -0.05) is 67.0 Å². The Kier molecular flexibility index (Phi) is 4.97. The van der Waals surface area contributed by atoms with E-state index in [0.29, 0.717) is 11.3 Å². The van der Waals surface area contributed by atoms with E-state index < -0.39 is 10.1 Å². The molecular weight excluding hydrogens is 364 g/mol. The quantitative estimate of drug-likeness (QED) is 0.722. The van der Waals surface area contributed by atoms with Crippen LogP contribution in [0.4, 0.5) is 0 Å². The molecule has 0 heterocycles. The first-order chi connectivity index (χ1) is 10.2. The molecular formula is C17H19BrO3S. The maximum atomic E-state index is 12.2. The lowest BCUT2D eigenvalue weighted by Gasteiger charge is -2.21. The number of hydrogen-bond acceptors (Lipinski definition) is 3. The summed E-state index contributed by atoms with van der Waals surface area (Å²) in [6.45, 7) is 6.19. The lowest BCUT2D eigenvalue weighted by atomic mass is 9.87. The molecule has 118 valence electrons. The van der Waals surface area contributed by atoms with Gasteiger partial charge in [-0.25, -0.2) is 0 Å². The van der Waals surface area contributed by atoms with Gasteiger partial charge in [0.1, 0.15) is 11.5 Å². The zero-order valence-corrected chi connectivity index (χ0v) is 15.2. The van der Waals surface area contributed by atoms with E-state index in [1.54, 1.807) is 24.3 Å². The van der Waals surface area contributed by atoms with Crippen LogP contribution in [-0.4, -0.2) is 8.42 Å². The third kappa shape index (κ3) is 4.58. The molecule has 0 fully saturated rings. The highest BCUT2D eigenvalue weighted by Crippen LogP contribution is 2.33. The summed E-state index contributed by atoms with van der Waals surface area (Å²) in [4.78, 5) is 0. The van der Waals surface area contributed by atoms with Crippen molar-refractivity contribution in [3.05, 3.63) is 64.1 Å². The minimum atomic E-state index is -3.68.